The average Bonchev–Trinajstić information content (AvgIpc) is 2.54. The van der Waals surface area contributed by atoms with Crippen LogP contribution in [0.1, 0.15) is 20.3 Å². The van der Waals surface area contributed by atoms with Gasteiger partial charge < -0.3 is 14.2 Å². The van der Waals surface area contributed by atoms with Gasteiger partial charge in [-0.1, -0.05) is 13.8 Å². The van der Waals surface area contributed by atoms with E-state index in [2.05, 4.69) is 4.74 Å². The highest BCUT2D eigenvalue weighted by atomic mass is 16.7. The summed E-state index contributed by atoms with van der Waals surface area (Å²) in [5.74, 6) is -0.905. The summed E-state index contributed by atoms with van der Waals surface area (Å²) >= 11 is 0. The van der Waals surface area contributed by atoms with Gasteiger partial charge in [0, 0.05) is 5.92 Å². The second-order valence-corrected chi connectivity index (χ2v) is 3.42. The summed E-state index contributed by atoms with van der Waals surface area (Å²) in [6.07, 6.45) is 0.168. The zero-order valence-electron chi connectivity index (χ0n) is 8.33. The van der Waals surface area contributed by atoms with Crippen molar-refractivity contribution in [3.63, 3.8) is 0 Å². The molecule has 0 aromatic heterocycles. The first-order valence-electron chi connectivity index (χ1n) is 4.45. The van der Waals surface area contributed by atoms with Crippen molar-refractivity contribution in [2.45, 2.75) is 26.1 Å². The van der Waals surface area contributed by atoms with Gasteiger partial charge in [-0.3, -0.25) is 4.79 Å². The van der Waals surface area contributed by atoms with Gasteiger partial charge in [0.15, 0.2) is 5.79 Å². The standard InChI is InChI=1S/C9H16O4/c1-7(2)9(6-8(10)11-3)12-4-5-13-9/h7H,4-6H2,1-3H3. The number of esters is 1. The fourth-order valence-corrected chi connectivity index (χ4v) is 1.38. The lowest BCUT2D eigenvalue weighted by Crippen LogP contribution is -2.39. The van der Waals surface area contributed by atoms with E-state index in [0.29, 0.717) is 13.2 Å². The van der Waals surface area contributed by atoms with E-state index in [1.54, 1.807) is 0 Å². The third-order valence-electron chi connectivity index (χ3n) is 2.27. The van der Waals surface area contributed by atoms with Crippen LogP contribution < -0.4 is 0 Å². The lowest BCUT2D eigenvalue weighted by atomic mass is 9.99. The molecule has 1 fully saturated rings. The number of hydrogen-bond donors (Lipinski definition) is 0. The molecule has 13 heavy (non-hydrogen) atoms. The molecule has 0 aromatic carbocycles. The highest BCUT2D eigenvalue weighted by molar-refractivity contribution is 5.70. The Hall–Kier alpha value is -0.610. The minimum Gasteiger partial charge on any atom is -0.469 e. The molecule has 0 unspecified atom stereocenters. The van der Waals surface area contributed by atoms with Gasteiger partial charge in [-0.05, 0) is 0 Å². The zero-order chi connectivity index (χ0) is 9.90. The predicted molar refractivity (Wildman–Crippen MR) is 46.1 cm³/mol. The minimum absolute atomic E-state index is 0.147. The molecule has 0 atom stereocenters. The Morgan fingerprint density at radius 3 is 2.38 bits per heavy atom. The van der Waals surface area contributed by atoms with Crippen LogP contribution in [0.2, 0.25) is 0 Å². The maximum Gasteiger partial charge on any atom is 0.311 e. The first-order chi connectivity index (χ1) is 6.10. The summed E-state index contributed by atoms with van der Waals surface area (Å²) < 4.78 is 15.5. The fourth-order valence-electron chi connectivity index (χ4n) is 1.38. The normalized spacial score (nSPS) is 20.6. The van der Waals surface area contributed by atoms with Crippen LogP contribution in [0, 0.1) is 5.92 Å². The van der Waals surface area contributed by atoms with E-state index in [1.807, 2.05) is 13.8 Å². The van der Waals surface area contributed by atoms with Crippen LogP contribution in [0.3, 0.4) is 0 Å². The number of carbonyl (C=O) groups excluding carboxylic acids is 1. The van der Waals surface area contributed by atoms with Gasteiger partial charge in [-0.2, -0.15) is 0 Å². The molecule has 4 nitrogen and oxygen atoms in total. The first-order valence-corrected chi connectivity index (χ1v) is 4.45. The van der Waals surface area contributed by atoms with Crippen LogP contribution in [-0.2, 0) is 19.0 Å². The summed E-state index contributed by atoms with van der Waals surface area (Å²) in [7, 11) is 1.37. The number of rotatable bonds is 3. The topological polar surface area (TPSA) is 44.8 Å². The van der Waals surface area contributed by atoms with Gasteiger partial charge in [0.1, 0.15) is 0 Å². The Morgan fingerprint density at radius 1 is 1.46 bits per heavy atom. The second-order valence-electron chi connectivity index (χ2n) is 3.42. The molecule has 1 heterocycles. The molecule has 1 rings (SSSR count). The molecule has 1 saturated heterocycles. The van der Waals surface area contributed by atoms with E-state index in [1.165, 1.54) is 7.11 Å². The molecule has 0 spiro atoms. The Morgan fingerprint density at radius 2 is 2.00 bits per heavy atom. The lowest BCUT2D eigenvalue weighted by Gasteiger charge is -2.30. The number of carbonyl (C=O) groups is 1. The molecule has 0 bridgehead atoms. The van der Waals surface area contributed by atoms with Crippen LogP contribution in [0.4, 0.5) is 0 Å². The maximum absolute atomic E-state index is 11.1. The SMILES string of the molecule is COC(=O)CC1(C(C)C)OCCO1. The molecular weight excluding hydrogens is 172 g/mol. The minimum atomic E-state index is -0.757. The Balaban J connectivity index is 2.62. The molecule has 1 aliphatic heterocycles. The average molecular weight is 188 g/mol. The predicted octanol–water partition coefficient (Wildman–Crippen LogP) is 0.949. The maximum atomic E-state index is 11.1. The number of ether oxygens (including phenoxy) is 3. The third kappa shape index (κ3) is 2.19. The summed E-state index contributed by atoms with van der Waals surface area (Å²) in [6, 6.07) is 0. The lowest BCUT2D eigenvalue weighted by molar-refractivity contribution is -0.201. The van der Waals surface area contributed by atoms with Gasteiger partial charge in [0.25, 0.3) is 0 Å². The monoisotopic (exact) mass is 188 g/mol. The van der Waals surface area contributed by atoms with Crippen LogP contribution in [-0.4, -0.2) is 32.1 Å². The molecule has 76 valence electrons. The molecule has 0 saturated carbocycles. The van der Waals surface area contributed by atoms with E-state index < -0.39 is 5.79 Å². The van der Waals surface area contributed by atoms with Gasteiger partial charge in [-0.25, -0.2) is 0 Å². The van der Waals surface area contributed by atoms with E-state index >= 15 is 0 Å². The highest BCUT2D eigenvalue weighted by Gasteiger charge is 2.42. The van der Waals surface area contributed by atoms with Crippen molar-refractivity contribution in [1.82, 2.24) is 0 Å². The highest BCUT2D eigenvalue weighted by Crippen LogP contribution is 2.31. The third-order valence-corrected chi connectivity index (χ3v) is 2.27. The van der Waals surface area contributed by atoms with Gasteiger partial charge in [0.2, 0.25) is 0 Å². The first kappa shape index (κ1) is 10.5. The molecule has 1 aliphatic rings. The molecule has 0 aromatic rings. The van der Waals surface area contributed by atoms with E-state index in [4.69, 9.17) is 9.47 Å². The van der Waals surface area contributed by atoms with Crippen molar-refractivity contribution in [3.05, 3.63) is 0 Å². The van der Waals surface area contributed by atoms with Crippen molar-refractivity contribution in [3.8, 4) is 0 Å². The van der Waals surface area contributed by atoms with Crippen molar-refractivity contribution in [1.29, 1.82) is 0 Å². The molecular formula is C9H16O4. The van der Waals surface area contributed by atoms with Crippen LogP contribution in [0.15, 0.2) is 0 Å². The van der Waals surface area contributed by atoms with Crippen LogP contribution in [0.5, 0.6) is 0 Å². The van der Waals surface area contributed by atoms with E-state index in [9.17, 15) is 4.79 Å². The van der Waals surface area contributed by atoms with E-state index in [-0.39, 0.29) is 18.3 Å². The summed E-state index contributed by atoms with van der Waals surface area (Å²) in [4.78, 5) is 11.1. The molecule has 0 aliphatic carbocycles. The van der Waals surface area contributed by atoms with Crippen molar-refractivity contribution < 1.29 is 19.0 Å². The fraction of sp³-hybridized carbons (Fsp3) is 0.889. The molecule has 0 amide bonds. The van der Waals surface area contributed by atoms with Crippen LogP contribution >= 0.6 is 0 Å². The number of hydrogen-bond acceptors (Lipinski definition) is 4. The van der Waals surface area contributed by atoms with Crippen molar-refractivity contribution in [2.75, 3.05) is 20.3 Å². The Kier molecular flexibility index (Phi) is 3.27. The number of methoxy groups -OCH3 is 1. The smallest absolute Gasteiger partial charge is 0.311 e. The van der Waals surface area contributed by atoms with E-state index in [0.717, 1.165) is 0 Å². The quantitative estimate of drug-likeness (QED) is 0.618. The van der Waals surface area contributed by atoms with Gasteiger partial charge in [-0.15, -0.1) is 0 Å². The Bertz CT molecular complexity index is 182. The molecule has 0 radical (unpaired) electrons. The summed E-state index contributed by atoms with van der Waals surface area (Å²) in [5.41, 5.74) is 0. The van der Waals surface area contributed by atoms with Gasteiger partial charge in [0.05, 0.1) is 26.7 Å². The van der Waals surface area contributed by atoms with Crippen LogP contribution in [0.25, 0.3) is 0 Å². The second kappa shape index (κ2) is 4.07. The van der Waals surface area contributed by atoms with Crippen molar-refractivity contribution in [2.24, 2.45) is 5.92 Å². The summed E-state index contributed by atoms with van der Waals surface area (Å²) in [6.45, 7) is 5.03. The molecule has 0 N–H and O–H groups in total. The Labute approximate surface area is 78.2 Å². The largest absolute Gasteiger partial charge is 0.469 e. The zero-order valence-corrected chi connectivity index (χ0v) is 8.33. The van der Waals surface area contributed by atoms with Gasteiger partial charge >= 0.3 is 5.97 Å². The van der Waals surface area contributed by atoms with Crippen molar-refractivity contribution >= 4 is 5.97 Å². The summed E-state index contributed by atoms with van der Waals surface area (Å²) in [5, 5.41) is 0. The molecule has 4 heteroatoms.